The lowest BCUT2D eigenvalue weighted by Crippen LogP contribution is -2.32. The monoisotopic (exact) mass is 180 g/mol. The van der Waals surface area contributed by atoms with Gasteiger partial charge in [0.05, 0.1) is 6.10 Å². The van der Waals surface area contributed by atoms with Gasteiger partial charge >= 0.3 is 0 Å². The number of hydrogen-bond acceptors (Lipinski definition) is 1. The Morgan fingerprint density at radius 3 is 2.85 bits per heavy atom. The van der Waals surface area contributed by atoms with Crippen LogP contribution in [0.5, 0.6) is 0 Å². The van der Waals surface area contributed by atoms with Crippen LogP contribution in [0.15, 0.2) is 24.3 Å². The smallest absolute Gasteiger partial charge is 0.0750 e. The van der Waals surface area contributed by atoms with Crippen LogP contribution >= 0.6 is 0 Å². The van der Waals surface area contributed by atoms with Crippen LogP contribution in [-0.4, -0.2) is 11.2 Å². The van der Waals surface area contributed by atoms with Crippen molar-refractivity contribution in [1.29, 1.82) is 0 Å². The molecule has 0 fully saturated rings. The maximum Gasteiger partial charge on any atom is 0.0750 e. The number of aliphatic hydroxyl groups is 1. The third kappa shape index (κ3) is 2.22. The predicted molar refractivity (Wildman–Crippen MR) is 56.5 cm³/mol. The molecule has 1 nitrogen and oxygen atoms in total. The first-order valence-corrected chi connectivity index (χ1v) is 4.95. The Kier molecular flexibility index (Phi) is 2.97. The van der Waals surface area contributed by atoms with Crippen LogP contribution in [0, 0.1) is 11.3 Å². The van der Waals surface area contributed by atoms with E-state index in [0.29, 0.717) is 5.92 Å². The Labute approximate surface area is 81.2 Å². The number of aliphatic hydroxyl groups excluding tert-OH is 1. The second kappa shape index (κ2) is 3.67. The standard InChI is InChI=1S/C12H20O/c1-5-6-10-7-11(13)9(2)8-12(10,3)4/h5,8,10-11,13H,1,6-7H2,2-4H3/t10-,11+/m1/s1. The molecule has 74 valence electrons. The Balaban J connectivity index is 2.84. The van der Waals surface area contributed by atoms with Gasteiger partial charge in [-0.25, -0.2) is 0 Å². The van der Waals surface area contributed by atoms with Crippen LogP contribution in [-0.2, 0) is 0 Å². The Hall–Kier alpha value is -0.560. The molecule has 1 aliphatic rings. The molecular formula is C12H20O. The van der Waals surface area contributed by atoms with Crippen LogP contribution < -0.4 is 0 Å². The van der Waals surface area contributed by atoms with Crippen molar-refractivity contribution in [2.24, 2.45) is 11.3 Å². The van der Waals surface area contributed by atoms with Gasteiger partial charge in [-0.15, -0.1) is 6.58 Å². The van der Waals surface area contributed by atoms with E-state index in [1.807, 2.05) is 13.0 Å². The average molecular weight is 180 g/mol. The highest BCUT2D eigenvalue weighted by atomic mass is 16.3. The van der Waals surface area contributed by atoms with Gasteiger partial charge in [0.2, 0.25) is 0 Å². The van der Waals surface area contributed by atoms with Gasteiger partial charge < -0.3 is 5.11 Å². The Morgan fingerprint density at radius 1 is 1.69 bits per heavy atom. The largest absolute Gasteiger partial charge is 0.389 e. The Bertz CT molecular complexity index is 225. The van der Waals surface area contributed by atoms with Crippen LogP contribution in [0.4, 0.5) is 0 Å². The van der Waals surface area contributed by atoms with Crippen molar-refractivity contribution in [1.82, 2.24) is 0 Å². The zero-order valence-corrected chi connectivity index (χ0v) is 8.88. The molecule has 0 radical (unpaired) electrons. The van der Waals surface area contributed by atoms with Gasteiger partial charge in [-0.2, -0.15) is 0 Å². The van der Waals surface area contributed by atoms with Crippen molar-refractivity contribution in [2.45, 2.75) is 39.7 Å². The molecular weight excluding hydrogens is 160 g/mol. The van der Waals surface area contributed by atoms with E-state index in [-0.39, 0.29) is 11.5 Å². The summed E-state index contributed by atoms with van der Waals surface area (Å²) in [5, 5.41) is 9.70. The van der Waals surface area contributed by atoms with Gasteiger partial charge in [-0.1, -0.05) is 26.0 Å². The number of rotatable bonds is 2. The van der Waals surface area contributed by atoms with E-state index in [4.69, 9.17) is 0 Å². The first-order chi connectivity index (χ1) is 5.97. The third-order valence-electron chi connectivity index (χ3n) is 3.14. The van der Waals surface area contributed by atoms with E-state index in [1.165, 1.54) is 0 Å². The second-order valence-corrected chi connectivity index (χ2v) is 4.68. The fourth-order valence-corrected chi connectivity index (χ4v) is 2.16. The molecule has 0 spiro atoms. The molecule has 0 aromatic heterocycles. The van der Waals surface area contributed by atoms with Gasteiger partial charge in [0.1, 0.15) is 0 Å². The molecule has 0 heterocycles. The molecule has 1 aliphatic carbocycles. The molecule has 0 unspecified atom stereocenters. The molecule has 0 bridgehead atoms. The molecule has 0 aromatic carbocycles. The lowest BCUT2D eigenvalue weighted by atomic mass is 9.69. The molecule has 0 aliphatic heterocycles. The second-order valence-electron chi connectivity index (χ2n) is 4.68. The highest BCUT2D eigenvalue weighted by Gasteiger charge is 2.33. The summed E-state index contributed by atoms with van der Waals surface area (Å²) >= 11 is 0. The summed E-state index contributed by atoms with van der Waals surface area (Å²) in [5.41, 5.74) is 1.32. The lowest BCUT2D eigenvalue weighted by Gasteiger charge is -2.38. The average Bonchev–Trinajstić information content (AvgIpc) is 2.00. The summed E-state index contributed by atoms with van der Waals surface area (Å²) in [6.45, 7) is 10.2. The van der Waals surface area contributed by atoms with Crippen molar-refractivity contribution in [3.8, 4) is 0 Å². The number of hydrogen-bond donors (Lipinski definition) is 1. The highest BCUT2D eigenvalue weighted by Crippen LogP contribution is 2.40. The zero-order valence-electron chi connectivity index (χ0n) is 8.88. The predicted octanol–water partition coefficient (Wildman–Crippen LogP) is 2.92. The van der Waals surface area contributed by atoms with E-state index in [9.17, 15) is 5.11 Å². The van der Waals surface area contributed by atoms with E-state index in [2.05, 4.69) is 26.5 Å². The summed E-state index contributed by atoms with van der Waals surface area (Å²) in [6.07, 6.45) is 5.79. The first-order valence-electron chi connectivity index (χ1n) is 4.95. The minimum absolute atomic E-state index is 0.206. The van der Waals surface area contributed by atoms with Crippen LogP contribution in [0.3, 0.4) is 0 Å². The van der Waals surface area contributed by atoms with Gasteiger partial charge in [0.25, 0.3) is 0 Å². The molecule has 13 heavy (non-hydrogen) atoms. The number of allylic oxidation sites excluding steroid dienone is 2. The first kappa shape index (κ1) is 10.5. The molecule has 2 atom stereocenters. The van der Waals surface area contributed by atoms with Gasteiger partial charge in [-0.05, 0) is 36.7 Å². The minimum Gasteiger partial charge on any atom is -0.389 e. The molecule has 0 saturated heterocycles. The summed E-state index contributed by atoms with van der Waals surface area (Å²) in [6, 6.07) is 0. The summed E-state index contributed by atoms with van der Waals surface area (Å²) in [7, 11) is 0. The SMILES string of the molecule is C=CC[C@@H]1C[C@H](O)C(C)=CC1(C)C. The van der Waals surface area contributed by atoms with Crippen LogP contribution in [0.1, 0.15) is 33.6 Å². The fourth-order valence-electron chi connectivity index (χ4n) is 2.16. The van der Waals surface area contributed by atoms with Gasteiger partial charge in [0.15, 0.2) is 0 Å². The molecule has 1 N–H and O–H groups in total. The third-order valence-corrected chi connectivity index (χ3v) is 3.14. The van der Waals surface area contributed by atoms with Crippen molar-refractivity contribution in [3.05, 3.63) is 24.3 Å². The molecule has 0 saturated carbocycles. The molecule has 0 aromatic rings. The van der Waals surface area contributed by atoms with E-state index in [0.717, 1.165) is 18.4 Å². The van der Waals surface area contributed by atoms with Gasteiger partial charge in [-0.3, -0.25) is 0 Å². The van der Waals surface area contributed by atoms with E-state index < -0.39 is 0 Å². The van der Waals surface area contributed by atoms with Crippen LogP contribution in [0.25, 0.3) is 0 Å². The van der Waals surface area contributed by atoms with Gasteiger partial charge in [0, 0.05) is 0 Å². The summed E-state index contributed by atoms with van der Waals surface area (Å²) in [4.78, 5) is 0. The molecule has 1 rings (SSSR count). The van der Waals surface area contributed by atoms with Crippen molar-refractivity contribution < 1.29 is 5.11 Å². The fraction of sp³-hybridized carbons (Fsp3) is 0.667. The van der Waals surface area contributed by atoms with E-state index >= 15 is 0 Å². The quantitative estimate of drug-likeness (QED) is 0.648. The van der Waals surface area contributed by atoms with E-state index in [1.54, 1.807) is 0 Å². The maximum atomic E-state index is 9.70. The minimum atomic E-state index is -0.238. The highest BCUT2D eigenvalue weighted by molar-refractivity contribution is 5.16. The molecule has 1 heteroatoms. The maximum absolute atomic E-state index is 9.70. The summed E-state index contributed by atoms with van der Waals surface area (Å²) in [5.74, 6) is 0.531. The lowest BCUT2D eigenvalue weighted by molar-refractivity contribution is 0.119. The van der Waals surface area contributed by atoms with Crippen LogP contribution in [0.2, 0.25) is 0 Å². The summed E-state index contributed by atoms with van der Waals surface area (Å²) < 4.78 is 0. The topological polar surface area (TPSA) is 20.2 Å². The van der Waals surface area contributed by atoms with Crippen molar-refractivity contribution in [3.63, 3.8) is 0 Å². The molecule has 0 amide bonds. The Morgan fingerprint density at radius 2 is 2.31 bits per heavy atom. The normalized spacial score (nSPS) is 32.5. The zero-order chi connectivity index (χ0) is 10.1. The van der Waals surface area contributed by atoms with Crippen molar-refractivity contribution >= 4 is 0 Å². The van der Waals surface area contributed by atoms with Crippen molar-refractivity contribution in [2.75, 3.05) is 0 Å².